The molecule has 0 fully saturated rings. The maximum absolute atomic E-state index is 12.0. The smallest absolute Gasteiger partial charge is 0.184 e. The zero-order valence-electron chi connectivity index (χ0n) is 8.94. The van der Waals surface area contributed by atoms with Crippen molar-refractivity contribution in [2.45, 2.75) is 18.4 Å². The second kappa shape index (κ2) is 3.34. The van der Waals surface area contributed by atoms with E-state index in [1.165, 1.54) is 5.56 Å². The molecule has 1 atom stereocenters. The number of aryl methyl sites for hydroxylation is 1. The normalized spacial score (nSPS) is 26.6. The van der Waals surface area contributed by atoms with Gasteiger partial charge in [0.05, 0.1) is 0 Å². The first-order valence-electron chi connectivity index (χ1n) is 5.57. The third kappa shape index (κ3) is 1.30. The van der Waals surface area contributed by atoms with Crippen LogP contribution in [0.5, 0.6) is 0 Å². The van der Waals surface area contributed by atoms with Crippen LogP contribution in [0.1, 0.15) is 12.0 Å². The van der Waals surface area contributed by atoms with E-state index < -0.39 is 5.54 Å². The number of ketones is 1. The molecule has 1 aliphatic carbocycles. The Balaban J connectivity index is 2.01. The predicted octanol–water partition coefficient (Wildman–Crippen LogP) is 2.48. The minimum Gasteiger partial charge on any atom is -0.369 e. The summed E-state index contributed by atoms with van der Waals surface area (Å²) < 4.78 is 0. The molecule has 80 valence electrons. The molecule has 1 aliphatic heterocycles. The predicted molar refractivity (Wildman–Crippen MR) is 64.4 cm³/mol. The molecule has 1 spiro atoms. The number of nitrogens with one attached hydrogen (secondary N) is 1. The zero-order valence-corrected chi connectivity index (χ0v) is 8.94. The highest BCUT2D eigenvalue weighted by atomic mass is 16.1. The Bertz CT molecular complexity index is 501. The van der Waals surface area contributed by atoms with E-state index in [0.29, 0.717) is 0 Å². The Morgan fingerprint density at radius 1 is 1.19 bits per heavy atom. The number of rotatable bonds is 0. The molecule has 3 rings (SSSR count). The summed E-state index contributed by atoms with van der Waals surface area (Å²) in [6.45, 7) is 0. The SMILES string of the molecule is O=C1C=CC=CC12CCc1ccccc1N2. The van der Waals surface area contributed by atoms with Gasteiger partial charge in [0.15, 0.2) is 5.78 Å². The molecular formula is C14H13NO. The molecule has 1 aromatic carbocycles. The van der Waals surface area contributed by atoms with Gasteiger partial charge in [-0.15, -0.1) is 0 Å². The van der Waals surface area contributed by atoms with Gasteiger partial charge in [0.25, 0.3) is 0 Å². The topological polar surface area (TPSA) is 29.1 Å². The Morgan fingerprint density at radius 3 is 2.94 bits per heavy atom. The largest absolute Gasteiger partial charge is 0.369 e. The first-order valence-corrected chi connectivity index (χ1v) is 5.57. The summed E-state index contributed by atoms with van der Waals surface area (Å²) in [5, 5.41) is 3.37. The second-order valence-corrected chi connectivity index (χ2v) is 4.34. The summed E-state index contributed by atoms with van der Waals surface area (Å²) in [5.74, 6) is 0.157. The van der Waals surface area contributed by atoms with Crippen molar-refractivity contribution < 1.29 is 4.79 Å². The quantitative estimate of drug-likeness (QED) is 0.714. The Morgan fingerprint density at radius 2 is 2.06 bits per heavy atom. The number of carbonyl (C=O) groups is 1. The third-order valence-corrected chi connectivity index (χ3v) is 3.34. The van der Waals surface area contributed by atoms with Gasteiger partial charge in [-0.1, -0.05) is 36.4 Å². The van der Waals surface area contributed by atoms with Gasteiger partial charge in [-0.2, -0.15) is 0 Å². The standard InChI is InChI=1S/C14H13NO/c16-13-7-3-4-9-14(13)10-8-11-5-1-2-6-12(11)15-14/h1-7,9,15H,8,10H2. The van der Waals surface area contributed by atoms with Crippen molar-refractivity contribution in [1.82, 2.24) is 0 Å². The lowest BCUT2D eigenvalue weighted by atomic mass is 9.80. The fraction of sp³-hybridized carbons (Fsp3) is 0.214. The van der Waals surface area contributed by atoms with Gasteiger partial charge >= 0.3 is 0 Å². The number of allylic oxidation sites excluding steroid dienone is 2. The van der Waals surface area contributed by atoms with Crippen LogP contribution in [-0.4, -0.2) is 11.3 Å². The van der Waals surface area contributed by atoms with Gasteiger partial charge < -0.3 is 5.32 Å². The number of para-hydroxylation sites is 1. The lowest BCUT2D eigenvalue weighted by molar-refractivity contribution is -0.117. The molecule has 0 radical (unpaired) electrons. The van der Waals surface area contributed by atoms with Gasteiger partial charge in [-0.05, 0) is 30.5 Å². The number of benzene rings is 1. The monoisotopic (exact) mass is 211 g/mol. The van der Waals surface area contributed by atoms with Gasteiger partial charge in [-0.3, -0.25) is 4.79 Å². The van der Waals surface area contributed by atoms with Crippen molar-refractivity contribution >= 4 is 11.5 Å². The molecule has 0 saturated heterocycles. The fourth-order valence-corrected chi connectivity index (χ4v) is 2.40. The first-order chi connectivity index (χ1) is 7.80. The van der Waals surface area contributed by atoms with Crippen molar-refractivity contribution in [2.75, 3.05) is 5.32 Å². The van der Waals surface area contributed by atoms with Crippen LogP contribution in [0.4, 0.5) is 5.69 Å². The maximum Gasteiger partial charge on any atom is 0.184 e. The molecule has 1 heterocycles. The Labute approximate surface area is 94.7 Å². The van der Waals surface area contributed by atoms with E-state index in [9.17, 15) is 4.79 Å². The van der Waals surface area contributed by atoms with Crippen molar-refractivity contribution in [3.63, 3.8) is 0 Å². The van der Waals surface area contributed by atoms with Crippen LogP contribution in [0.3, 0.4) is 0 Å². The van der Waals surface area contributed by atoms with Gasteiger partial charge in [0.2, 0.25) is 0 Å². The van der Waals surface area contributed by atoms with E-state index in [1.807, 2.05) is 30.4 Å². The van der Waals surface area contributed by atoms with Gasteiger partial charge in [-0.25, -0.2) is 0 Å². The summed E-state index contributed by atoms with van der Waals surface area (Å²) in [6.07, 6.45) is 9.17. The minimum absolute atomic E-state index is 0.157. The van der Waals surface area contributed by atoms with Crippen LogP contribution in [0.25, 0.3) is 0 Å². The van der Waals surface area contributed by atoms with Crippen LogP contribution >= 0.6 is 0 Å². The average Bonchev–Trinajstić information content (AvgIpc) is 2.33. The van der Waals surface area contributed by atoms with E-state index in [2.05, 4.69) is 11.4 Å². The molecule has 0 saturated carbocycles. The Hall–Kier alpha value is -1.83. The summed E-state index contributed by atoms with van der Waals surface area (Å²) in [5.41, 5.74) is 1.88. The molecule has 16 heavy (non-hydrogen) atoms. The van der Waals surface area contributed by atoms with E-state index in [0.717, 1.165) is 18.5 Å². The summed E-state index contributed by atoms with van der Waals surface area (Å²) in [7, 11) is 0. The first kappa shape index (κ1) is 9.40. The van der Waals surface area contributed by atoms with Crippen molar-refractivity contribution in [1.29, 1.82) is 0 Å². The molecule has 1 aromatic rings. The fourth-order valence-electron chi connectivity index (χ4n) is 2.40. The molecule has 2 heteroatoms. The van der Waals surface area contributed by atoms with Crippen molar-refractivity contribution in [3.8, 4) is 0 Å². The number of hydrogen-bond acceptors (Lipinski definition) is 2. The lowest BCUT2D eigenvalue weighted by Crippen LogP contribution is -2.47. The van der Waals surface area contributed by atoms with E-state index in [-0.39, 0.29) is 5.78 Å². The lowest BCUT2D eigenvalue weighted by Gasteiger charge is -2.36. The van der Waals surface area contributed by atoms with Gasteiger partial charge in [0.1, 0.15) is 5.54 Å². The van der Waals surface area contributed by atoms with Crippen LogP contribution in [-0.2, 0) is 11.2 Å². The molecule has 2 nitrogen and oxygen atoms in total. The molecule has 1 unspecified atom stereocenters. The zero-order chi connectivity index (χ0) is 11.0. The molecule has 0 amide bonds. The van der Waals surface area contributed by atoms with E-state index in [1.54, 1.807) is 12.2 Å². The number of carbonyl (C=O) groups excluding carboxylic acids is 1. The Kier molecular flexibility index (Phi) is 1.96. The van der Waals surface area contributed by atoms with Crippen molar-refractivity contribution in [2.24, 2.45) is 0 Å². The maximum atomic E-state index is 12.0. The summed E-state index contributed by atoms with van der Waals surface area (Å²) in [4.78, 5) is 12.0. The average molecular weight is 211 g/mol. The minimum atomic E-state index is -0.497. The molecule has 2 aliphatic rings. The van der Waals surface area contributed by atoms with E-state index in [4.69, 9.17) is 0 Å². The molecule has 0 bridgehead atoms. The van der Waals surface area contributed by atoms with Crippen LogP contribution in [0.2, 0.25) is 0 Å². The van der Waals surface area contributed by atoms with Crippen LogP contribution < -0.4 is 5.32 Å². The second-order valence-electron chi connectivity index (χ2n) is 4.34. The van der Waals surface area contributed by atoms with Crippen LogP contribution in [0.15, 0.2) is 48.6 Å². The highest BCUT2D eigenvalue weighted by Gasteiger charge is 2.37. The van der Waals surface area contributed by atoms with Crippen molar-refractivity contribution in [3.05, 3.63) is 54.1 Å². The number of fused-ring (bicyclic) bond motifs is 1. The highest BCUT2D eigenvalue weighted by Crippen LogP contribution is 2.33. The highest BCUT2D eigenvalue weighted by molar-refractivity contribution is 6.03. The summed E-state index contributed by atoms with van der Waals surface area (Å²) >= 11 is 0. The van der Waals surface area contributed by atoms with E-state index >= 15 is 0 Å². The number of anilines is 1. The van der Waals surface area contributed by atoms with Gasteiger partial charge in [0, 0.05) is 5.69 Å². The molecule has 1 N–H and O–H groups in total. The molecular weight excluding hydrogens is 198 g/mol. The number of hydrogen-bond donors (Lipinski definition) is 1. The summed E-state index contributed by atoms with van der Waals surface area (Å²) in [6, 6.07) is 8.19. The van der Waals surface area contributed by atoms with Crippen LogP contribution in [0, 0.1) is 0 Å². The third-order valence-electron chi connectivity index (χ3n) is 3.34. The molecule has 0 aromatic heterocycles.